The molecule has 0 saturated carbocycles. The van der Waals surface area contributed by atoms with Gasteiger partial charge in [-0.1, -0.05) is 69.3 Å². The third kappa shape index (κ3) is 4.91. The van der Waals surface area contributed by atoms with Gasteiger partial charge in [0, 0.05) is 24.7 Å². The van der Waals surface area contributed by atoms with Gasteiger partial charge in [-0.2, -0.15) is 0 Å². The normalized spacial score (nSPS) is 11.6. The van der Waals surface area contributed by atoms with Crippen LogP contribution in [0.25, 0.3) is 10.9 Å². The zero-order chi connectivity index (χ0) is 22.7. The smallest absolute Gasteiger partial charge is 0.256 e. The standard InChI is InChI=1S/C28H29FN2O/c1-28(2,3)23-12-10-21(11-13-23)19-31(17-15-20-6-4-8-24(29)18-20)27(32)25-9-5-7-22-14-16-30-26(22)25/h4-14,16,18,30H,15,17,19H2,1-3H3. The molecule has 3 nitrogen and oxygen atoms in total. The molecule has 0 aliphatic carbocycles. The van der Waals surface area contributed by atoms with E-state index in [-0.39, 0.29) is 17.1 Å². The van der Waals surface area contributed by atoms with Crippen molar-refractivity contribution in [1.82, 2.24) is 9.88 Å². The molecule has 4 rings (SSSR count). The predicted molar refractivity (Wildman–Crippen MR) is 128 cm³/mol. The molecule has 0 aliphatic heterocycles. The van der Waals surface area contributed by atoms with Crippen LogP contribution in [0.15, 0.2) is 79.0 Å². The lowest BCUT2D eigenvalue weighted by atomic mass is 9.87. The maximum absolute atomic E-state index is 13.7. The molecule has 164 valence electrons. The van der Waals surface area contributed by atoms with Gasteiger partial charge in [0.1, 0.15) is 5.82 Å². The summed E-state index contributed by atoms with van der Waals surface area (Å²) < 4.78 is 13.7. The van der Waals surface area contributed by atoms with E-state index in [0.717, 1.165) is 22.0 Å². The van der Waals surface area contributed by atoms with Crippen LogP contribution in [0.3, 0.4) is 0 Å². The summed E-state index contributed by atoms with van der Waals surface area (Å²) in [5.74, 6) is -0.288. The number of halogens is 1. The van der Waals surface area contributed by atoms with E-state index in [0.29, 0.717) is 25.1 Å². The average Bonchev–Trinajstić information content (AvgIpc) is 3.25. The Bertz CT molecular complexity index is 1220. The number of carbonyl (C=O) groups is 1. The van der Waals surface area contributed by atoms with Gasteiger partial charge in [-0.05, 0) is 52.8 Å². The molecule has 32 heavy (non-hydrogen) atoms. The van der Waals surface area contributed by atoms with Crippen molar-refractivity contribution in [1.29, 1.82) is 0 Å². The molecule has 0 unspecified atom stereocenters. The number of nitrogens with zero attached hydrogens (tertiary/aromatic N) is 1. The fourth-order valence-electron chi connectivity index (χ4n) is 3.97. The van der Waals surface area contributed by atoms with Gasteiger partial charge in [-0.3, -0.25) is 4.79 Å². The van der Waals surface area contributed by atoms with Crippen LogP contribution in [0.4, 0.5) is 4.39 Å². The lowest BCUT2D eigenvalue weighted by Gasteiger charge is -2.24. The Balaban J connectivity index is 1.61. The second-order valence-electron chi connectivity index (χ2n) is 9.30. The molecule has 1 amide bonds. The summed E-state index contributed by atoms with van der Waals surface area (Å²) in [6, 6.07) is 22.8. The fraction of sp³-hybridized carbons (Fsp3) is 0.250. The number of H-pyrrole nitrogens is 1. The Kier molecular flexibility index (Phi) is 6.13. The molecule has 0 radical (unpaired) electrons. The number of hydrogen-bond donors (Lipinski definition) is 1. The van der Waals surface area contributed by atoms with E-state index in [1.165, 1.54) is 17.7 Å². The molecule has 0 fully saturated rings. The zero-order valence-corrected chi connectivity index (χ0v) is 18.9. The molecular weight excluding hydrogens is 399 g/mol. The summed E-state index contributed by atoms with van der Waals surface area (Å²) in [5, 5.41) is 1.01. The summed E-state index contributed by atoms with van der Waals surface area (Å²) in [6.07, 6.45) is 2.44. The number of aromatic amines is 1. The zero-order valence-electron chi connectivity index (χ0n) is 18.9. The van der Waals surface area contributed by atoms with Crippen molar-refractivity contribution in [3.63, 3.8) is 0 Å². The van der Waals surface area contributed by atoms with Crippen LogP contribution in [0.1, 0.15) is 47.8 Å². The lowest BCUT2D eigenvalue weighted by Crippen LogP contribution is -2.32. The first-order chi connectivity index (χ1) is 15.3. The molecule has 0 spiro atoms. The van der Waals surface area contributed by atoms with E-state index in [2.05, 4.69) is 50.0 Å². The Morgan fingerprint density at radius 3 is 2.41 bits per heavy atom. The van der Waals surface area contributed by atoms with Crippen LogP contribution in [0.2, 0.25) is 0 Å². The third-order valence-electron chi connectivity index (χ3n) is 5.86. The number of nitrogens with one attached hydrogen (secondary N) is 1. The maximum Gasteiger partial charge on any atom is 0.256 e. The number of hydrogen-bond acceptors (Lipinski definition) is 1. The van der Waals surface area contributed by atoms with Gasteiger partial charge in [0.25, 0.3) is 5.91 Å². The van der Waals surface area contributed by atoms with Gasteiger partial charge < -0.3 is 9.88 Å². The summed E-state index contributed by atoms with van der Waals surface area (Å²) in [4.78, 5) is 18.7. The minimum Gasteiger partial charge on any atom is -0.361 e. The van der Waals surface area contributed by atoms with E-state index in [9.17, 15) is 9.18 Å². The molecule has 1 heterocycles. The molecule has 3 aromatic carbocycles. The van der Waals surface area contributed by atoms with Crippen molar-refractivity contribution in [2.24, 2.45) is 0 Å². The van der Waals surface area contributed by atoms with Crippen molar-refractivity contribution in [3.05, 3.63) is 107 Å². The summed E-state index contributed by atoms with van der Waals surface area (Å²) in [5.41, 5.74) is 4.78. The fourth-order valence-corrected chi connectivity index (χ4v) is 3.97. The Hall–Kier alpha value is -3.40. The molecule has 0 bridgehead atoms. The van der Waals surface area contributed by atoms with E-state index in [1.807, 2.05) is 41.4 Å². The minimum absolute atomic E-state index is 0.0330. The van der Waals surface area contributed by atoms with Crippen LogP contribution in [0.5, 0.6) is 0 Å². The highest BCUT2D eigenvalue weighted by Gasteiger charge is 2.20. The first kappa shape index (κ1) is 21.8. The maximum atomic E-state index is 13.7. The van der Waals surface area contributed by atoms with Crippen LogP contribution in [-0.4, -0.2) is 22.3 Å². The van der Waals surface area contributed by atoms with Gasteiger partial charge in [0.2, 0.25) is 0 Å². The SMILES string of the molecule is CC(C)(C)c1ccc(CN(CCc2cccc(F)c2)C(=O)c2cccc3cc[nH]c23)cc1. The topological polar surface area (TPSA) is 36.1 Å². The Labute approximate surface area is 188 Å². The number of amides is 1. The monoisotopic (exact) mass is 428 g/mol. The molecule has 1 aromatic heterocycles. The van der Waals surface area contributed by atoms with Crippen molar-refractivity contribution in [2.75, 3.05) is 6.54 Å². The number of para-hydroxylation sites is 1. The van der Waals surface area contributed by atoms with Gasteiger partial charge >= 0.3 is 0 Å². The molecule has 4 heteroatoms. The van der Waals surface area contributed by atoms with Crippen LogP contribution in [-0.2, 0) is 18.4 Å². The number of aromatic nitrogens is 1. The lowest BCUT2D eigenvalue weighted by molar-refractivity contribution is 0.0747. The van der Waals surface area contributed by atoms with E-state index in [4.69, 9.17) is 0 Å². The van der Waals surface area contributed by atoms with Crippen molar-refractivity contribution >= 4 is 16.8 Å². The van der Waals surface area contributed by atoms with Gasteiger partial charge in [0.05, 0.1) is 11.1 Å². The highest BCUT2D eigenvalue weighted by Crippen LogP contribution is 2.24. The van der Waals surface area contributed by atoms with Crippen LogP contribution >= 0.6 is 0 Å². The Morgan fingerprint density at radius 2 is 1.69 bits per heavy atom. The van der Waals surface area contributed by atoms with Crippen molar-refractivity contribution in [2.45, 2.75) is 39.2 Å². The van der Waals surface area contributed by atoms with Crippen LogP contribution < -0.4 is 0 Å². The van der Waals surface area contributed by atoms with Crippen molar-refractivity contribution in [3.8, 4) is 0 Å². The summed E-state index contributed by atoms with van der Waals surface area (Å²) in [7, 11) is 0. The van der Waals surface area contributed by atoms with Crippen LogP contribution in [0, 0.1) is 5.82 Å². The van der Waals surface area contributed by atoms with Crippen molar-refractivity contribution < 1.29 is 9.18 Å². The number of fused-ring (bicyclic) bond motifs is 1. The second-order valence-corrected chi connectivity index (χ2v) is 9.30. The number of carbonyl (C=O) groups excluding carboxylic acids is 1. The molecule has 1 N–H and O–H groups in total. The number of rotatable bonds is 6. The highest BCUT2D eigenvalue weighted by atomic mass is 19.1. The van der Waals surface area contributed by atoms with Gasteiger partial charge in [0.15, 0.2) is 0 Å². The minimum atomic E-state index is -0.255. The summed E-state index contributed by atoms with van der Waals surface area (Å²) >= 11 is 0. The molecular formula is C28H29FN2O. The van der Waals surface area contributed by atoms with Gasteiger partial charge in [-0.25, -0.2) is 4.39 Å². The molecule has 4 aromatic rings. The molecule has 0 atom stereocenters. The number of benzene rings is 3. The highest BCUT2D eigenvalue weighted by molar-refractivity contribution is 6.05. The third-order valence-corrected chi connectivity index (χ3v) is 5.86. The van der Waals surface area contributed by atoms with E-state index in [1.54, 1.807) is 6.07 Å². The first-order valence-corrected chi connectivity index (χ1v) is 11.0. The molecule has 0 aliphatic rings. The molecule has 0 saturated heterocycles. The summed E-state index contributed by atoms with van der Waals surface area (Å²) in [6.45, 7) is 7.56. The predicted octanol–water partition coefficient (Wildman–Crippen LogP) is 6.49. The van der Waals surface area contributed by atoms with Gasteiger partial charge in [-0.15, -0.1) is 0 Å². The van der Waals surface area contributed by atoms with E-state index >= 15 is 0 Å². The second kappa shape index (κ2) is 8.99. The quantitative estimate of drug-likeness (QED) is 0.374. The first-order valence-electron chi connectivity index (χ1n) is 11.0. The average molecular weight is 429 g/mol. The Morgan fingerprint density at radius 1 is 0.938 bits per heavy atom. The van der Waals surface area contributed by atoms with E-state index < -0.39 is 0 Å². The largest absolute Gasteiger partial charge is 0.361 e.